The molecule has 2 heteroatoms. The lowest BCUT2D eigenvalue weighted by atomic mass is 10.0. The van der Waals surface area contributed by atoms with Crippen LogP contribution >= 0.6 is 0 Å². The number of hydrogen-bond donors (Lipinski definition) is 1. The maximum absolute atomic E-state index is 8.69. The molecule has 0 aromatic carbocycles. The van der Waals surface area contributed by atoms with Crippen LogP contribution in [0, 0.1) is 23.2 Å². The highest BCUT2D eigenvalue weighted by Gasteiger charge is 2.38. The highest BCUT2D eigenvalue weighted by atomic mass is 14.8. The van der Waals surface area contributed by atoms with Crippen molar-refractivity contribution in [3.63, 3.8) is 0 Å². The highest BCUT2D eigenvalue weighted by molar-refractivity contribution is 5.10. The van der Waals surface area contributed by atoms with Gasteiger partial charge in [-0.05, 0) is 24.7 Å². The van der Waals surface area contributed by atoms with Gasteiger partial charge in [0.15, 0.2) is 0 Å². The van der Waals surface area contributed by atoms with Crippen LogP contribution in [0.3, 0.4) is 0 Å². The Kier molecular flexibility index (Phi) is 4.26. The fraction of sp³-hybridized carbons (Fsp3) is 0.900. The summed E-state index contributed by atoms with van der Waals surface area (Å²) in [6, 6.07) is 2.18. The first kappa shape index (κ1) is 11.4. The van der Waals surface area contributed by atoms with Crippen molar-refractivity contribution in [1.29, 1.82) is 5.26 Å². The normalized spacial score (nSPS) is 39.7. The summed E-state index contributed by atoms with van der Waals surface area (Å²) in [6.45, 7) is 8.33. The molecule has 0 aliphatic heterocycles. The molecular formula is C10H22N2. The summed E-state index contributed by atoms with van der Waals surface area (Å²) in [7, 11) is 0. The van der Waals surface area contributed by atoms with Crippen LogP contribution in [0.15, 0.2) is 0 Å². The molecule has 1 saturated carbocycles. The summed E-state index contributed by atoms with van der Waals surface area (Å²) in [4.78, 5) is 0. The molecule has 12 heavy (non-hydrogen) atoms. The Labute approximate surface area is 77.2 Å². The summed E-state index contributed by atoms with van der Waals surface area (Å²) in [6.07, 6.45) is 1.73. The Bertz CT molecular complexity index is 164. The van der Waals surface area contributed by atoms with Crippen LogP contribution < -0.4 is 5.73 Å². The van der Waals surface area contributed by atoms with Crippen molar-refractivity contribution < 1.29 is 1.43 Å². The van der Waals surface area contributed by atoms with Gasteiger partial charge in [0.2, 0.25) is 0 Å². The third-order valence-electron chi connectivity index (χ3n) is 2.57. The van der Waals surface area contributed by atoms with Gasteiger partial charge in [-0.1, -0.05) is 27.7 Å². The maximum atomic E-state index is 8.69. The van der Waals surface area contributed by atoms with Gasteiger partial charge in [0.25, 0.3) is 0 Å². The van der Waals surface area contributed by atoms with Gasteiger partial charge in [-0.15, -0.1) is 0 Å². The predicted molar refractivity (Wildman–Crippen MR) is 53.6 cm³/mol. The number of nitrogens with zero attached hydrogens (tertiary/aromatic N) is 1. The van der Waals surface area contributed by atoms with Gasteiger partial charge in [0.1, 0.15) is 5.54 Å². The van der Waals surface area contributed by atoms with E-state index in [4.69, 9.17) is 11.0 Å². The van der Waals surface area contributed by atoms with Crippen molar-refractivity contribution in [2.45, 2.75) is 46.1 Å². The second-order valence-corrected chi connectivity index (χ2v) is 3.63. The Morgan fingerprint density at radius 3 is 1.83 bits per heavy atom. The van der Waals surface area contributed by atoms with Crippen LogP contribution in [0.2, 0.25) is 0 Å². The Morgan fingerprint density at radius 1 is 1.33 bits per heavy atom. The number of rotatable bonds is 0. The average Bonchev–Trinajstić information content (AvgIpc) is 2.32. The van der Waals surface area contributed by atoms with E-state index in [1.165, 1.54) is 0 Å². The van der Waals surface area contributed by atoms with E-state index in [0.29, 0.717) is 11.8 Å². The van der Waals surface area contributed by atoms with E-state index in [9.17, 15) is 0 Å². The molecule has 0 amide bonds. The van der Waals surface area contributed by atoms with E-state index in [0.717, 1.165) is 12.8 Å². The third kappa shape index (κ3) is 2.49. The molecule has 0 aromatic rings. The Balaban J connectivity index is 0. The van der Waals surface area contributed by atoms with Crippen LogP contribution in [0.5, 0.6) is 0 Å². The molecule has 1 rings (SSSR count). The molecular weight excluding hydrogens is 148 g/mol. The molecule has 1 aliphatic carbocycles. The van der Waals surface area contributed by atoms with Crippen molar-refractivity contribution in [3.8, 4) is 6.07 Å². The van der Waals surface area contributed by atoms with Crippen molar-refractivity contribution in [2.75, 3.05) is 0 Å². The van der Waals surface area contributed by atoms with E-state index in [-0.39, 0.29) is 1.43 Å². The highest BCUT2D eigenvalue weighted by Crippen LogP contribution is 2.36. The fourth-order valence-corrected chi connectivity index (χ4v) is 1.73. The van der Waals surface area contributed by atoms with E-state index >= 15 is 0 Å². The van der Waals surface area contributed by atoms with Crippen LogP contribution in [0.1, 0.15) is 42.0 Å². The van der Waals surface area contributed by atoms with Crippen molar-refractivity contribution in [1.82, 2.24) is 0 Å². The molecule has 0 bridgehead atoms. The van der Waals surface area contributed by atoms with Crippen LogP contribution in [0.4, 0.5) is 0 Å². The maximum Gasteiger partial charge on any atom is 0.104 e. The Hall–Kier alpha value is -0.550. The van der Waals surface area contributed by atoms with Gasteiger partial charge >= 0.3 is 0 Å². The number of nitrogens with two attached hydrogens (primary N) is 1. The van der Waals surface area contributed by atoms with Gasteiger partial charge < -0.3 is 5.73 Å². The largest absolute Gasteiger partial charge is 0.313 e. The third-order valence-corrected chi connectivity index (χ3v) is 2.57. The summed E-state index contributed by atoms with van der Waals surface area (Å²) in [5.41, 5.74) is 5.26. The zero-order chi connectivity index (χ0) is 9.78. The molecule has 2 nitrogen and oxygen atoms in total. The summed E-state index contributed by atoms with van der Waals surface area (Å²) >= 11 is 0. The first-order chi connectivity index (χ1) is 5.57. The minimum atomic E-state index is -0.515. The van der Waals surface area contributed by atoms with E-state index in [1.807, 2.05) is 13.8 Å². The standard InChI is InChI=1S/C8H14N2.C2H6.H2/c1-6-3-8(10,5-9)4-7(6)2;1-2;/h6-7H,3-4,10H2,1-2H3;1-2H3;1H. The summed E-state index contributed by atoms with van der Waals surface area (Å²) < 4.78 is 0. The van der Waals surface area contributed by atoms with Gasteiger partial charge in [0, 0.05) is 1.43 Å². The predicted octanol–water partition coefficient (Wildman–Crippen LogP) is 2.55. The van der Waals surface area contributed by atoms with Crippen LogP contribution in [-0.4, -0.2) is 5.54 Å². The van der Waals surface area contributed by atoms with Crippen LogP contribution in [0.25, 0.3) is 0 Å². The number of hydrogen-bond acceptors (Lipinski definition) is 2. The monoisotopic (exact) mass is 170 g/mol. The number of nitriles is 1. The van der Waals surface area contributed by atoms with Gasteiger partial charge in [0.05, 0.1) is 6.07 Å². The zero-order valence-electron chi connectivity index (χ0n) is 8.59. The molecule has 0 aromatic heterocycles. The van der Waals surface area contributed by atoms with E-state index in [2.05, 4.69) is 19.9 Å². The molecule has 2 atom stereocenters. The fourth-order valence-electron chi connectivity index (χ4n) is 1.73. The molecule has 0 spiro atoms. The second kappa shape index (κ2) is 4.47. The summed E-state index contributed by atoms with van der Waals surface area (Å²) in [5, 5.41) is 8.69. The minimum absolute atomic E-state index is 0. The van der Waals surface area contributed by atoms with Crippen molar-refractivity contribution in [3.05, 3.63) is 0 Å². The van der Waals surface area contributed by atoms with Gasteiger partial charge in [-0.25, -0.2) is 0 Å². The minimum Gasteiger partial charge on any atom is -0.313 e. The van der Waals surface area contributed by atoms with E-state index in [1.54, 1.807) is 0 Å². The first-order valence-corrected chi connectivity index (χ1v) is 4.77. The molecule has 1 aliphatic rings. The first-order valence-electron chi connectivity index (χ1n) is 4.77. The quantitative estimate of drug-likeness (QED) is 0.607. The smallest absolute Gasteiger partial charge is 0.104 e. The average molecular weight is 170 g/mol. The lowest BCUT2D eigenvalue weighted by Gasteiger charge is -2.11. The molecule has 0 heterocycles. The molecule has 2 N–H and O–H groups in total. The molecule has 1 fully saturated rings. The van der Waals surface area contributed by atoms with Gasteiger partial charge in [-0.3, -0.25) is 0 Å². The van der Waals surface area contributed by atoms with E-state index < -0.39 is 5.54 Å². The second-order valence-electron chi connectivity index (χ2n) is 3.63. The zero-order valence-corrected chi connectivity index (χ0v) is 8.59. The summed E-state index contributed by atoms with van der Waals surface area (Å²) in [5.74, 6) is 1.23. The molecule has 0 radical (unpaired) electrons. The molecule has 0 saturated heterocycles. The topological polar surface area (TPSA) is 49.8 Å². The van der Waals surface area contributed by atoms with Crippen LogP contribution in [-0.2, 0) is 0 Å². The van der Waals surface area contributed by atoms with Crippen molar-refractivity contribution in [2.24, 2.45) is 17.6 Å². The SMILES string of the molecule is CC.CC1CC(N)(C#N)CC1C.[HH]. The van der Waals surface area contributed by atoms with Gasteiger partial charge in [-0.2, -0.15) is 5.26 Å². The van der Waals surface area contributed by atoms with Crippen molar-refractivity contribution >= 4 is 0 Å². The molecule has 2 unspecified atom stereocenters. The Morgan fingerprint density at radius 2 is 1.67 bits per heavy atom. The molecule has 72 valence electrons. The lowest BCUT2D eigenvalue weighted by Crippen LogP contribution is -2.34. The lowest BCUT2D eigenvalue weighted by molar-refractivity contribution is 0.457.